The third-order valence-corrected chi connectivity index (χ3v) is 9.70. The van der Waals surface area contributed by atoms with E-state index in [4.69, 9.17) is 9.47 Å². The van der Waals surface area contributed by atoms with Crippen LogP contribution in [-0.2, 0) is 15.3 Å². The Bertz CT molecular complexity index is 525. The van der Waals surface area contributed by atoms with Gasteiger partial charge in [0.25, 0.3) is 0 Å². The molecule has 1 saturated heterocycles. The van der Waals surface area contributed by atoms with E-state index in [-0.39, 0.29) is 7.92 Å². The van der Waals surface area contributed by atoms with E-state index in [0.717, 1.165) is 31.0 Å². The number of hydrogen-bond acceptors (Lipinski definition) is 2. The molecule has 0 radical (unpaired) electrons. The van der Waals surface area contributed by atoms with Gasteiger partial charge in [0.2, 0.25) is 0 Å². The van der Waals surface area contributed by atoms with Gasteiger partial charge in [0, 0.05) is 5.56 Å². The summed E-state index contributed by atoms with van der Waals surface area (Å²) in [7, 11) is -0.0954. The third kappa shape index (κ3) is 3.30. The topological polar surface area (TPSA) is 18.5 Å². The van der Waals surface area contributed by atoms with Crippen molar-refractivity contribution in [1.29, 1.82) is 0 Å². The quantitative estimate of drug-likeness (QED) is 0.690. The highest BCUT2D eigenvalue weighted by Gasteiger charge is 2.40. The van der Waals surface area contributed by atoms with Gasteiger partial charge in [-0.3, -0.25) is 0 Å². The summed E-state index contributed by atoms with van der Waals surface area (Å²) in [6, 6.07) is 9.09. The molecule has 132 valence electrons. The maximum atomic E-state index is 6.16. The van der Waals surface area contributed by atoms with Crippen molar-refractivity contribution in [2.45, 2.75) is 81.8 Å². The highest BCUT2D eigenvalue weighted by atomic mass is 31.1. The molecule has 0 N–H and O–H groups in total. The Kier molecular flexibility index (Phi) is 5.27. The van der Waals surface area contributed by atoms with Crippen LogP contribution in [-0.4, -0.2) is 24.5 Å². The molecule has 0 spiro atoms. The lowest BCUT2D eigenvalue weighted by Gasteiger charge is -2.39. The van der Waals surface area contributed by atoms with Gasteiger partial charge in [0.15, 0.2) is 5.79 Å². The number of benzene rings is 1. The molecule has 2 nitrogen and oxygen atoms in total. The zero-order valence-corrected chi connectivity index (χ0v) is 15.9. The fourth-order valence-electron chi connectivity index (χ4n) is 4.93. The number of rotatable bonds is 4. The first-order chi connectivity index (χ1) is 11.8. The van der Waals surface area contributed by atoms with Crippen LogP contribution in [0.1, 0.15) is 70.3 Å². The monoisotopic (exact) mass is 346 g/mol. The molecule has 1 aromatic carbocycles. The maximum Gasteiger partial charge on any atom is 0.192 e. The van der Waals surface area contributed by atoms with E-state index in [1.165, 1.54) is 56.9 Å². The van der Waals surface area contributed by atoms with Crippen molar-refractivity contribution in [3.63, 3.8) is 0 Å². The van der Waals surface area contributed by atoms with Gasteiger partial charge in [-0.05, 0) is 55.7 Å². The molecule has 0 atom stereocenters. The van der Waals surface area contributed by atoms with Gasteiger partial charge in [0.05, 0.1) is 13.2 Å². The maximum absolute atomic E-state index is 6.16. The van der Waals surface area contributed by atoms with Gasteiger partial charge >= 0.3 is 0 Å². The molecule has 1 aromatic rings. The Morgan fingerprint density at radius 2 is 1.38 bits per heavy atom. The second-order valence-corrected chi connectivity index (χ2v) is 10.6. The van der Waals surface area contributed by atoms with E-state index in [9.17, 15) is 0 Å². The lowest BCUT2D eigenvalue weighted by atomic mass is 10.1. The fourth-order valence-corrected chi connectivity index (χ4v) is 8.97. The molecule has 3 heteroatoms. The minimum absolute atomic E-state index is 0.0954. The van der Waals surface area contributed by atoms with E-state index in [1.807, 2.05) is 0 Å². The van der Waals surface area contributed by atoms with Crippen molar-refractivity contribution in [2.75, 3.05) is 13.2 Å². The number of hydrogen-bond donors (Lipinski definition) is 0. The summed E-state index contributed by atoms with van der Waals surface area (Å²) in [5, 5.41) is 1.59. The van der Waals surface area contributed by atoms with Crippen molar-refractivity contribution in [2.24, 2.45) is 0 Å². The molecule has 2 aliphatic carbocycles. The highest BCUT2D eigenvalue weighted by Crippen LogP contribution is 2.57. The molecule has 0 unspecified atom stereocenters. The first-order valence-corrected chi connectivity index (χ1v) is 11.4. The Hall–Kier alpha value is -0.430. The predicted molar refractivity (Wildman–Crippen MR) is 101 cm³/mol. The Labute approximate surface area is 148 Å². The standard InChI is InChI=1S/C21H31O2P/c1-21(22-15-8-16-23-21)19-13-6-7-14-20(19)24(17-9-2-3-10-17)18-11-4-5-12-18/h6-7,13-14,17-18H,2-5,8-12,15-16H2,1H3. The molecule has 3 fully saturated rings. The van der Waals surface area contributed by atoms with Crippen LogP contribution in [0.25, 0.3) is 0 Å². The molecular formula is C21H31O2P. The Balaban J connectivity index is 1.72. The summed E-state index contributed by atoms with van der Waals surface area (Å²) in [5.74, 6) is -0.535. The largest absolute Gasteiger partial charge is 0.346 e. The molecule has 3 aliphatic rings. The summed E-state index contributed by atoms with van der Waals surface area (Å²) in [6.45, 7) is 3.77. The minimum atomic E-state index is -0.535. The first kappa shape index (κ1) is 17.0. The van der Waals surface area contributed by atoms with Crippen LogP contribution in [0.4, 0.5) is 0 Å². The highest BCUT2D eigenvalue weighted by molar-refractivity contribution is 7.67. The second kappa shape index (κ2) is 7.44. The molecule has 0 bridgehead atoms. The molecule has 1 heterocycles. The van der Waals surface area contributed by atoms with Crippen LogP contribution in [0.15, 0.2) is 24.3 Å². The van der Waals surface area contributed by atoms with Crippen molar-refractivity contribution in [1.82, 2.24) is 0 Å². The van der Waals surface area contributed by atoms with Crippen molar-refractivity contribution < 1.29 is 9.47 Å². The zero-order chi connectivity index (χ0) is 16.4. The Morgan fingerprint density at radius 3 is 1.96 bits per heavy atom. The molecule has 24 heavy (non-hydrogen) atoms. The normalized spacial score (nSPS) is 25.6. The van der Waals surface area contributed by atoms with Gasteiger partial charge in [-0.1, -0.05) is 57.9 Å². The van der Waals surface area contributed by atoms with Gasteiger partial charge in [-0.25, -0.2) is 0 Å². The summed E-state index contributed by atoms with van der Waals surface area (Å²) in [5.41, 5.74) is 3.18. The lowest BCUT2D eigenvalue weighted by molar-refractivity contribution is -0.264. The Morgan fingerprint density at radius 1 is 0.833 bits per heavy atom. The van der Waals surface area contributed by atoms with Crippen molar-refractivity contribution >= 4 is 13.2 Å². The zero-order valence-electron chi connectivity index (χ0n) is 15.0. The van der Waals surface area contributed by atoms with Crippen molar-refractivity contribution in [3.8, 4) is 0 Å². The van der Waals surface area contributed by atoms with Crippen LogP contribution >= 0.6 is 7.92 Å². The van der Waals surface area contributed by atoms with Crippen LogP contribution in [0.5, 0.6) is 0 Å². The average molecular weight is 346 g/mol. The summed E-state index contributed by atoms with van der Waals surface area (Å²) < 4.78 is 12.3. The van der Waals surface area contributed by atoms with E-state index >= 15 is 0 Å². The third-order valence-electron chi connectivity index (χ3n) is 6.15. The van der Waals surface area contributed by atoms with Gasteiger partial charge in [0.1, 0.15) is 0 Å². The molecule has 4 rings (SSSR count). The summed E-state index contributed by atoms with van der Waals surface area (Å²) in [6.07, 6.45) is 12.5. The van der Waals surface area contributed by atoms with Crippen LogP contribution in [0.3, 0.4) is 0 Å². The lowest BCUT2D eigenvalue weighted by Crippen LogP contribution is -2.39. The second-order valence-electron chi connectivity index (χ2n) is 7.80. The van der Waals surface area contributed by atoms with E-state index in [2.05, 4.69) is 31.2 Å². The van der Waals surface area contributed by atoms with Crippen LogP contribution in [0.2, 0.25) is 0 Å². The first-order valence-electron chi connectivity index (χ1n) is 9.94. The van der Waals surface area contributed by atoms with E-state index in [1.54, 1.807) is 5.30 Å². The molecule has 2 saturated carbocycles. The molecule has 0 amide bonds. The van der Waals surface area contributed by atoms with Crippen molar-refractivity contribution in [3.05, 3.63) is 29.8 Å². The predicted octanol–water partition coefficient (Wildman–Crippen LogP) is 5.29. The van der Waals surface area contributed by atoms with Crippen LogP contribution in [0, 0.1) is 0 Å². The van der Waals surface area contributed by atoms with Gasteiger partial charge in [-0.15, -0.1) is 0 Å². The van der Waals surface area contributed by atoms with Gasteiger partial charge in [-0.2, -0.15) is 0 Å². The minimum Gasteiger partial charge on any atom is -0.346 e. The summed E-state index contributed by atoms with van der Waals surface area (Å²) in [4.78, 5) is 0. The van der Waals surface area contributed by atoms with Crippen LogP contribution < -0.4 is 5.30 Å². The van der Waals surface area contributed by atoms with E-state index in [0.29, 0.717) is 0 Å². The summed E-state index contributed by atoms with van der Waals surface area (Å²) >= 11 is 0. The smallest absolute Gasteiger partial charge is 0.192 e. The molecule has 1 aliphatic heterocycles. The fraction of sp³-hybridized carbons (Fsp3) is 0.714. The van der Waals surface area contributed by atoms with E-state index < -0.39 is 5.79 Å². The number of ether oxygens (including phenoxy) is 2. The molecular weight excluding hydrogens is 315 g/mol. The molecule has 0 aromatic heterocycles. The SMILES string of the molecule is CC1(c2ccccc2P(C2CCCC2)C2CCCC2)OCCCO1. The van der Waals surface area contributed by atoms with Gasteiger partial charge < -0.3 is 9.47 Å². The average Bonchev–Trinajstić information content (AvgIpc) is 3.31.